The molecular formula is C17H25NO. The first-order valence-electron chi connectivity index (χ1n) is 7.78. The van der Waals surface area contributed by atoms with Crippen LogP contribution in [0.2, 0.25) is 0 Å². The van der Waals surface area contributed by atoms with Gasteiger partial charge in [0.05, 0.1) is 6.61 Å². The van der Waals surface area contributed by atoms with Crippen molar-refractivity contribution < 1.29 is 4.74 Å². The molecule has 1 aromatic rings. The molecule has 104 valence electrons. The van der Waals surface area contributed by atoms with E-state index in [9.17, 15) is 0 Å². The third-order valence-electron chi connectivity index (χ3n) is 4.88. The maximum absolute atomic E-state index is 6.13. The first-order chi connectivity index (χ1) is 9.36. The standard InChI is InChI=1S/C17H25NO/c1-2-18-11-15-5-3-4-6-17(15)19-12-16-10-13-7-8-14(16)9-13/h3-6,13-14,16,18H,2,7-12H2,1H3. The molecule has 3 atom stereocenters. The number of benzene rings is 1. The van der Waals surface area contributed by atoms with Crippen LogP contribution in [-0.2, 0) is 6.54 Å². The molecular weight excluding hydrogens is 234 g/mol. The largest absolute Gasteiger partial charge is 0.493 e. The lowest BCUT2D eigenvalue weighted by Gasteiger charge is -2.22. The zero-order valence-electron chi connectivity index (χ0n) is 11.9. The molecule has 0 saturated heterocycles. The van der Waals surface area contributed by atoms with Crippen LogP contribution >= 0.6 is 0 Å². The normalized spacial score (nSPS) is 28.8. The Balaban J connectivity index is 1.57. The van der Waals surface area contributed by atoms with Gasteiger partial charge in [-0.1, -0.05) is 31.5 Å². The summed E-state index contributed by atoms with van der Waals surface area (Å²) in [5, 5.41) is 3.38. The Hall–Kier alpha value is -1.02. The predicted molar refractivity (Wildman–Crippen MR) is 78.3 cm³/mol. The van der Waals surface area contributed by atoms with Crippen LogP contribution in [-0.4, -0.2) is 13.2 Å². The Morgan fingerprint density at radius 3 is 2.84 bits per heavy atom. The molecule has 2 heteroatoms. The molecule has 0 aliphatic heterocycles. The summed E-state index contributed by atoms with van der Waals surface area (Å²) in [5.41, 5.74) is 1.28. The van der Waals surface area contributed by atoms with E-state index in [1.165, 1.54) is 31.2 Å². The summed E-state index contributed by atoms with van der Waals surface area (Å²) in [4.78, 5) is 0. The van der Waals surface area contributed by atoms with E-state index in [2.05, 4.69) is 36.5 Å². The summed E-state index contributed by atoms with van der Waals surface area (Å²) in [6.45, 7) is 4.97. The summed E-state index contributed by atoms with van der Waals surface area (Å²) in [7, 11) is 0. The number of hydrogen-bond acceptors (Lipinski definition) is 2. The quantitative estimate of drug-likeness (QED) is 0.842. The molecule has 0 amide bonds. The maximum Gasteiger partial charge on any atom is 0.123 e. The van der Waals surface area contributed by atoms with Crippen molar-refractivity contribution in [2.45, 2.75) is 39.2 Å². The van der Waals surface area contributed by atoms with Gasteiger partial charge >= 0.3 is 0 Å². The average Bonchev–Trinajstić information content (AvgIpc) is 3.06. The Bertz CT molecular complexity index is 417. The van der Waals surface area contributed by atoms with Gasteiger partial charge in [-0.05, 0) is 49.6 Å². The van der Waals surface area contributed by atoms with Crippen molar-refractivity contribution in [1.29, 1.82) is 0 Å². The summed E-state index contributed by atoms with van der Waals surface area (Å²) in [6.07, 6.45) is 5.78. The Labute approximate surface area is 116 Å². The smallest absolute Gasteiger partial charge is 0.123 e. The minimum Gasteiger partial charge on any atom is -0.493 e. The molecule has 2 nitrogen and oxygen atoms in total. The van der Waals surface area contributed by atoms with Crippen LogP contribution in [0, 0.1) is 17.8 Å². The van der Waals surface area contributed by atoms with Crippen molar-refractivity contribution >= 4 is 0 Å². The molecule has 3 unspecified atom stereocenters. The number of ether oxygens (including phenoxy) is 1. The van der Waals surface area contributed by atoms with Crippen LogP contribution in [0.4, 0.5) is 0 Å². The van der Waals surface area contributed by atoms with Crippen LogP contribution < -0.4 is 10.1 Å². The predicted octanol–water partition coefficient (Wildman–Crippen LogP) is 3.61. The Morgan fingerprint density at radius 2 is 2.11 bits per heavy atom. The van der Waals surface area contributed by atoms with Crippen molar-refractivity contribution in [2.24, 2.45) is 17.8 Å². The molecule has 2 bridgehead atoms. The van der Waals surface area contributed by atoms with E-state index in [-0.39, 0.29) is 0 Å². The number of nitrogens with one attached hydrogen (secondary N) is 1. The molecule has 2 saturated carbocycles. The minimum atomic E-state index is 0.811. The molecule has 2 fully saturated rings. The highest BCUT2D eigenvalue weighted by Gasteiger charge is 2.39. The molecule has 0 spiro atoms. The van der Waals surface area contributed by atoms with E-state index in [4.69, 9.17) is 4.74 Å². The lowest BCUT2D eigenvalue weighted by atomic mass is 9.89. The molecule has 19 heavy (non-hydrogen) atoms. The van der Waals surface area contributed by atoms with Gasteiger partial charge in [0.1, 0.15) is 5.75 Å². The zero-order chi connectivity index (χ0) is 13.1. The monoisotopic (exact) mass is 259 g/mol. The van der Waals surface area contributed by atoms with Gasteiger partial charge in [-0.25, -0.2) is 0 Å². The summed E-state index contributed by atoms with van der Waals surface area (Å²) in [5.74, 6) is 3.85. The van der Waals surface area contributed by atoms with E-state index in [0.717, 1.165) is 43.2 Å². The molecule has 0 radical (unpaired) electrons. The van der Waals surface area contributed by atoms with E-state index in [1.807, 2.05) is 0 Å². The van der Waals surface area contributed by atoms with E-state index in [0.29, 0.717) is 0 Å². The molecule has 2 aliphatic carbocycles. The number of fused-ring (bicyclic) bond motifs is 2. The second-order valence-corrected chi connectivity index (χ2v) is 6.13. The average molecular weight is 259 g/mol. The molecule has 2 aliphatic rings. The third kappa shape index (κ3) is 2.94. The van der Waals surface area contributed by atoms with Crippen molar-refractivity contribution in [3.8, 4) is 5.75 Å². The topological polar surface area (TPSA) is 21.3 Å². The third-order valence-corrected chi connectivity index (χ3v) is 4.88. The first kappa shape index (κ1) is 13.0. The van der Waals surface area contributed by atoms with Crippen LogP contribution in [0.5, 0.6) is 5.75 Å². The molecule has 3 rings (SSSR count). The second-order valence-electron chi connectivity index (χ2n) is 6.13. The number of para-hydroxylation sites is 1. The van der Waals surface area contributed by atoms with E-state index < -0.39 is 0 Å². The summed E-state index contributed by atoms with van der Waals surface area (Å²) < 4.78 is 6.13. The molecule has 1 N–H and O–H groups in total. The van der Waals surface area contributed by atoms with Crippen LogP contribution in [0.3, 0.4) is 0 Å². The van der Waals surface area contributed by atoms with Gasteiger partial charge in [0.2, 0.25) is 0 Å². The van der Waals surface area contributed by atoms with Gasteiger partial charge in [0.15, 0.2) is 0 Å². The van der Waals surface area contributed by atoms with Crippen molar-refractivity contribution in [2.75, 3.05) is 13.2 Å². The minimum absolute atomic E-state index is 0.811. The van der Waals surface area contributed by atoms with Crippen LogP contribution in [0.1, 0.15) is 38.2 Å². The van der Waals surface area contributed by atoms with Gasteiger partial charge in [-0.15, -0.1) is 0 Å². The van der Waals surface area contributed by atoms with Crippen molar-refractivity contribution in [3.63, 3.8) is 0 Å². The highest BCUT2D eigenvalue weighted by molar-refractivity contribution is 5.33. The second kappa shape index (κ2) is 5.96. The molecule has 0 aromatic heterocycles. The summed E-state index contributed by atoms with van der Waals surface area (Å²) in [6, 6.07) is 8.45. The van der Waals surface area contributed by atoms with E-state index in [1.54, 1.807) is 0 Å². The van der Waals surface area contributed by atoms with Gasteiger partial charge < -0.3 is 10.1 Å². The highest BCUT2D eigenvalue weighted by atomic mass is 16.5. The fourth-order valence-electron chi connectivity index (χ4n) is 3.83. The number of hydrogen-bond donors (Lipinski definition) is 1. The fraction of sp³-hybridized carbons (Fsp3) is 0.647. The zero-order valence-corrected chi connectivity index (χ0v) is 11.9. The van der Waals surface area contributed by atoms with Gasteiger partial charge in [0, 0.05) is 12.1 Å². The maximum atomic E-state index is 6.13. The lowest BCUT2D eigenvalue weighted by molar-refractivity contribution is 0.194. The van der Waals surface area contributed by atoms with Crippen LogP contribution in [0.25, 0.3) is 0 Å². The number of rotatable bonds is 6. The highest BCUT2D eigenvalue weighted by Crippen LogP contribution is 2.48. The Morgan fingerprint density at radius 1 is 1.21 bits per heavy atom. The van der Waals surface area contributed by atoms with Gasteiger partial charge in [-0.3, -0.25) is 0 Å². The van der Waals surface area contributed by atoms with Gasteiger partial charge in [0.25, 0.3) is 0 Å². The van der Waals surface area contributed by atoms with Gasteiger partial charge in [-0.2, -0.15) is 0 Å². The molecule has 1 aromatic carbocycles. The fourth-order valence-corrected chi connectivity index (χ4v) is 3.83. The molecule has 0 heterocycles. The lowest BCUT2D eigenvalue weighted by Crippen LogP contribution is -2.19. The first-order valence-corrected chi connectivity index (χ1v) is 7.78. The van der Waals surface area contributed by atoms with Crippen molar-refractivity contribution in [3.05, 3.63) is 29.8 Å². The Kier molecular flexibility index (Phi) is 4.07. The van der Waals surface area contributed by atoms with E-state index >= 15 is 0 Å². The van der Waals surface area contributed by atoms with Crippen molar-refractivity contribution in [1.82, 2.24) is 5.32 Å². The SMILES string of the molecule is CCNCc1ccccc1OCC1CC2CCC1C2. The van der Waals surface area contributed by atoms with Crippen LogP contribution in [0.15, 0.2) is 24.3 Å². The summed E-state index contributed by atoms with van der Waals surface area (Å²) >= 11 is 0.